The van der Waals surface area contributed by atoms with Crippen molar-refractivity contribution in [1.29, 1.82) is 0 Å². The fourth-order valence-electron chi connectivity index (χ4n) is 3.93. The molecule has 0 amide bonds. The standard InChI is InChI=1S/C33H60NO7P/c1-3-5-7-9-10-11-12-13-14-15-16-17-18-19-20-21-23-25-28-38-30-32(31-40-42(36,37)39-29-27-34)41-33(35)26-24-22-8-6-4-2/h5,7,10-11,13-14,16-17,32H,3-4,6,8-9,12,15,18-31,34H2,1-2H3,(H,36,37)/b7-5-,11-10-,14-13-,17-16-. The van der Waals surface area contributed by atoms with Gasteiger partial charge in [-0.15, -0.1) is 0 Å². The molecule has 244 valence electrons. The summed E-state index contributed by atoms with van der Waals surface area (Å²) in [5.41, 5.74) is 5.31. The first-order valence-corrected chi connectivity index (χ1v) is 17.6. The van der Waals surface area contributed by atoms with Crippen LogP contribution in [0.25, 0.3) is 0 Å². The van der Waals surface area contributed by atoms with Crippen molar-refractivity contribution in [2.24, 2.45) is 5.73 Å². The first-order chi connectivity index (χ1) is 20.4. The van der Waals surface area contributed by atoms with Crippen molar-refractivity contribution in [1.82, 2.24) is 0 Å². The number of nitrogens with two attached hydrogens (primary N) is 1. The van der Waals surface area contributed by atoms with Crippen LogP contribution in [0.3, 0.4) is 0 Å². The summed E-state index contributed by atoms with van der Waals surface area (Å²) < 4.78 is 32.9. The van der Waals surface area contributed by atoms with Crippen molar-refractivity contribution in [2.75, 3.05) is 33.0 Å². The molecule has 0 aliphatic heterocycles. The molecule has 0 saturated carbocycles. The second kappa shape index (κ2) is 30.9. The Labute approximate surface area is 256 Å². The topological polar surface area (TPSA) is 117 Å². The van der Waals surface area contributed by atoms with Gasteiger partial charge >= 0.3 is 13.8 Å². The predicted octanol–water partition coefficient (Wildman–Crippen LogP) is 8.51. The number of carbonyl (C=O) groups is 1. The molecule has 0 radical (unpaired) electrons. The number of hydrogen-bond acceptors (Lipinski definition) is 7. The molecule has 0 aliphatic carbocycles. The van der Waals surface area contributed by atoms with Gasteiger partial charge in [0.15, 0.2) is 0 Å². The van der Waals surface area contributed by atoms with Crippen molar-refractivity contribution >= 4 is 13.8 Å². The van der Waals surface area contributed by atoms with Crippen LogP contribution in [-0.2, 0) is 27.9 Å². The summed E-state index contributed by atoms with van der Waals surface area (Å²) in [7, 11) is -4.26. The Morgan fingerprint density at radius 3 is 2.00 bits per heavy atom. The van der Waals surface area contributed by atoms with E-state index in [0.29, 0.717) is 13.0 Å². The van der Waals surface area contributed by atoms with Gasteiger partial charge in [0.2, 0.25) is 0 Å². The van der Waals surface area contributed by atoms with Crippen LogP contribution in [0.2, 0.25) is 0 Å². The lowest BCUT2D eigenvalue weighted by atomic mass is 10.1. The van der Waals surface area contributed by atoms with E-state index < -0.39 is 13.9 Å². The van der Waals surface area contributed by atoms with Crippen LogP contribution in [0.5, 0.6) is 0 Å². The number of phosphoric acid groups is 1. The van der Waals surface area contributed by atoms with Crippen LogP contribution >= 0.6 is 7.82 Å². The van der Waals surface area contributed by atoms with E-state index in [4.69, 9.17) is 24.3 Å². The van der Waals surface area contributed by atoms with Crippen LogP contribution in [0.1, 0.15) is 117 Å². The summed E-state index contributed by atoms with van der Waals surface area (Å²) in [6.07, 6.45) is 33.0. The Hall–Kier alpha value is -1.54. The van der Waals surface area contributed by atoms with Crippen LogP contribution in [0.4, 0.5) is 0 Å². The van der Waals surface area contributed by atoms with Crippen molar-refractivity contribution in [3.63, 3.8) is 0 Å². The highest BCUT2D eigenvalue weighted by molar-refractivity contribution is 7.47. The maximum Gasteiger partial charge on any atom is 0.472 e. The van der Waals surface area contributed by atoms with E-state index in [9.17, 15) is 14.3 Å². The lowest BCUT2D eigenvalue weighted by Gasteiger charge is -2.20. The Morgan fingerprint density at radius 2 is 1.33 bits per heavy atom. The van der Waals surface area contributed by atoms with Gasteiger partial charge in [-0.1, -0.05) is 107 Å². The minimum Gasteiger partial charge on any atom is -0.457 e. The molecule has 0 spiro atoms. The number of phosphoric ester groups is 1. The van der Waals surface area contributed by atoms with Gasteiger partial charge in [-0.05, 0) is 51.4 Å². The fourth-order valence-corrected chi connectivity index (χ4v) is 4.69. The average Bonchev–Trinajstić information content (AvgIpc) is 2.97. The minimum atomic E-state index is -4.26. The number of ether oxygens (including phenoxy) is 2. The number of carbonyl (C=O) groups excluding carboxylic acids is 1. The molecule has 42 heavy (non-hydrogen) atoms. The zero-order chi connectivity index (χ0) is 31.0. The maximum absolute atomic E-state index is 12.3. The van der Waals surface area contributed by atoms with Crippen LogP contribution in [0, 0.1) is 0 Å². The van der Waals surface area contributed by atoms with E-state index in [1.807, 2.05) is 0 Å². The zero-order valence-corrected chi connectivity index (χ0v) is 27.4. The number of rotatable bonds is 30. The molecule has 0 aromatic carbocycles. The molecular formula is C33H60NO7P. The van der Waals surface area contributed by atoms with Gasteiger partial charge < -0.3 is 20.1 Å². The molecule has 9 heteroatoms. The molecule has 2 atom stereocenters. The summed E-state index contributed by atoms with van der Waals surface area (Å²) in [5, 5.41) is 0. The fraction of sp³-hybridized carbons (Fsp3) is 0.727. The second-order valence-corrected chi connectivity index (χ2v) is 11.7. The first-order valence-electron chi connectivity index (χ1n) is 16.1. The summed E-state index contributed by atoms with van der Waals surface area (Å²) in [6, 6.07) is 0. The highest BCUT2D eigenvalue weighted by atomic mass is 31.2. The Balaban J connectivity index is 4.05. The van der Waals surface area contributed by atoms with Gasteiger partial charge in [0, 0.05) is 19.6 Å². The summed E-state index contributed by atoms with van der Waals surface area (Å²) >= 11 is 0. The number of allylic oxidation sites excluding steroid dienone is 8. The van der Waals surface area contributed by atoms with Crippen molar-refractivity contribution < 1.29 is 32.8 Å². The lowest BCUT2D eigenvalue weighted by molar-refractivity contribution is -0.154. The minimum absolute atomic E-state index is 0.0951. The number of esters is 1. The Bertz CT molecular complexity index is 782. The molecule has 0 aromatic rings. The third-order valence-corrected chi connectivity index (χ3v) is 7.24. The summed E-state index contributed by atoms with van der Waals surface area (Å²) in [6.45, 7) is 4.64. The van der Waals surface area contributed by atoms with Crippen molar-refractivity contribution in [2.45, 2.75) is 123 Å². The van der Waals surface area contributed by atoms with Crippen LogP contribution in [-0.4, -0.2) is 49.9 Å². The maximum atomic E-state index is 12.3. The molecule has 0 bridgehead atoms. The van der Waals surface area contributed by atoms with Gasteiger partial charge in [0.1, 0.15) is 6.10 Å². The highest BCUT2D eigenvalue weighted by Gasteiger charge is 2.25. The monoisotopic (exact) mass is 613 g/mol. The van der Waals surface area contributed by atoms with Gasteiger partial charge in [0.25, 0.3) is 0 Å². The summed E-state index contributed by atoms with van der Waals surface area (Å²) in [4.78, 5) is 22.0. The van der Waals surface area contributed by atoms with E-state index in [1.54, 1.807) is 0 Å². The number of unbranched alkanes of at least 4 members (excludes halogenated alkanes) is 9. The van der Waals surface area contributed by atoms with Crippen LogP contribution in [0.15, 0.2) is 48.6 Å². The first kappa shape index (κ1) is 40.5. The smallest absolute Gasteiger partial charge is 0.457 e. The lowest BCUT2D eigenvalue weighted by Crippen LogP contribution is -2.28. The van der Waals surface area contributed by atoms with Crippen LogP contribution < -0.4 is 5.73 Å². The molecule has 0 rings (SSSR count). The van der Waals surface area contributed by atoms with Gasteiger partial charge in [0.05, 0.1) is 19.8 Å². The number of hydrogen-bond donors (Lipinski definition) is 2. The van der Waals surface area contributed by atoms with Gasteiger partial charge in [-0.25, -0.2) is 4.57 Å². The normalized spacial score (nSPS) is 14.5. The predicted molar refractivity (Wildman–Crippen MR) is 173 cm³/mol. The molecular weight excluding hydrogens is 553 g/mol. The Kier molecular flexibility index (Phi) is 29.8. The van der Waals surface area contributed by atoms with E-state index in [1.165, 1.54) is 12.8 Å². The largest absolute Gasteiger partial charge is 0.472 e. The average molecular weight is 614 g/mol. The van der Waals surface area contributed by atoms with Crippen molar-refractivity contribution in [3.8, 4) is 0 Å². The van der Waals surface area contributed by atoms with E-state index >= 15 is 0 Å². The zero-order valence-electron chi connectivity index (χ0n) is 26.5. The summed E-state index contributed by atoms with van der Waals surface area (Å²) in [5.74, 6) is -0.354. The molecule has 0 heterocycles. The molecule has 2 unspecified atom stereocenters. The van der Waals surface area contributed by atoms with Gasteiger partial charge in [-0.3, -0.25) is 13.8 Å². The molecule has 0 fully saturated rings. The molecule has 0 aliphatic rings. The Morgan fingerprint density at radius 1 is 0.738 bits per heavy atom. The SMILES string of the molecule is CC/C=C\C/C=C\C/C=C\C/C=C\CCCCCCCOCC(COP(=O)(O)OCCN)OC(=O)CCCCCCC. The molecule has 3 N–H and O–H groups in total. The van der Waals surface area contributed by atoms with Gasteiger partial charge in [-0.2, -0.15) is 0 Å². The molecule has 0 saturated heterocycles. The second-order valence-electron chi connectivity index (χ2n) is 10.3. The van der Waals surface area contributed by atoms with E-state index in [-0.39, 0.29) is 32.3 Å². The molecule has 8 nitrogen and oxygen atoms in total. The molecule has 0 aromatic heterocycles. The highest BCUT2D eigenvalue weighted by Crippen LogP contribution is 2.43. The van der Waals surface area contributed by atoms with E-state index in [0.717, 1.165) is 83.5 Å². The quantitative estimate of drug-likeness (QED) is 0.0358. The van der Waals surface area contributed by atoms with E-state index in [2.05, 4.69) is 62.5 Å². The third kappa shape index (κ3) is 29.9. The third-order valence-electron chi connectivity index (χ3n) is 6.26. The van der Waals surface area contributed by atoms with Crippen molar-refractivity contribution in [3.05, 3.63) is 48.6 Å².